The number of halogens is 12. The van der Waals surface area contributed by atoms with Crippen molar-refractivity contribution in [1.82, 2.24) is 56.4 Å². The average Bonchev–Trinajstić information content (AvgIpc) is 1.53. The summed E-state index contributed by atoms with van der Waals surface area (Å²) in [6.07, 6.45) is 5.15. The number of H-pyrrole nitrogens is 1. The molecular weight excluding hydrogens is 1960 g/mol. The van der Waals surface area contributed by atoms with E-state index >= 15 is 13.2 Å². The lowest BCUT2D eigenvalue weighted by Crippen LogP contribution is -2.37. The molecule has 14 aromatic rings. The van der Waals surface area contributed by atoms with E-state index in [4.69, 9.17) is 51.5 Å². The van der Waals surface area contributed by atoms with Gasteiger partial charge in [-0.25, -0.2) is 56.9 Å². The van der Waals surface area contributed by atoms with Crippen molar-refractivity contribution in [3.8, 4) is 11.4 Å². The summed E-state index contributed by atoms with van der Waals surface area (Å²) < 4.78 is 164. The Labute approximate surface area is 708 Å². The smallest absolute Gasteiger partial charge is 0.353 e. The Morgan fingerprint density at radius 3 is 1.45 bits per heavy atom. The highest BCUT2D eigenvalue weighted by Crippen LogP contribution is 2.51. The standard InChI is InChI=1S/C19H13BrClFN4O3S2.C19H18BrClFN3O4S2.C19H16BrClFN3O2S2.C13H5BrClFN4OS/c1-2-5-19(6-7-19)31(28,29)26-13-9-14-16(23-24-30-14)15(22)17(13)25(18(26)27)12-4-3-10(20)8-11(12)21;20-11-2-1-10(14(21)6-11)5-13-15(7-16-18(17(13)22)23-25-30-16)24-31(28,29)19(3-4-19)8-12(27)9-26;1-2-5-19(6-7-19)29(26,27)24-15-10-16-18(23-25-28-16)17(22)13(15)8-11-3-4-12(20)9-14(11)21;14-5-1-2-8(6(15)3-5)20-12-7(17-13(20)21)4-9-11(10(12)16)18-19-22-9/h2-4,8-9H,1,5-7H2;1-2,6-7,12,24,26-27H,3-5,8-9H2;2-4,9-10,24H,1,5-8H2;1-4,19H. The van der Waals surface area contributed by atoms with Crippen LogP contribution in [0.4, 0.5) is 28.9 Å². The lowest BCUT2D eigenvalue weighted by molar-refractivity contribution is 0.0858. The first kappa shape index (κ1) is 82.7. The summed E-state index contributed by atoms with van der Waals surface area (Å²) in [5.74, 6) is -2.69. The quantitative estimate of drug-likeness (QED) is 0.0329. The van der Waals surface area contributed by atoms with E-state index < -0.39 is 91.7 Å². The number of sulfonamides is 2. The van der Waals surface area contributed by atoms with Gasteiger partial charge in [-0.1, -0.05) is 148 Å². The first-order chi connectivity index (χ1) is 53.7. The van der Waals surface area contributed by atoms with Crippen molar-refractivity contribution in [2.75, 3.05) is 16.1 Å². The molecular formula is C70H52Br4Cl4F4N14O10S7. The predicted molar refractivity (Wildman–Crippen MR) is 450 cm³/mol. The van der Waals surface area contributed by atoms with E-state index in [-0.39, 0.29) is 103 Å². The second kappa shape index (κ2) is 32.3. The summed E-state index contributed by atoms with van der Waals surface area (Å²) >= 11 is 42.5. The molecule has 0 bridgehead atoms. The SMILES string of the molecule is C=CCC1(S(=O)(=O)Nc2cc3snnc3c(F)c2Cc2ccc(Br)cc2Cl)CC1.C=CCC1(S(=O)(=O)n2c(=O)n(-c3ccc(Br)cc3Cl)c3c(F)c4nnsc4cc32)CC1.O=S(=O)(Nc1cc2snnc2c(F)c1Cc1ccc(Br)cc1Cl)C1(CC(O)CO)CC1.O=c1nc2cc3s[nH]nc3c(F)c2n1-c1ccc(Br)cc1Cl. The molecule has 3 saturated carbocycles. The summed E-state index contributed by atoms with van der Waals surface area (Å²) in [6, 6.07) is 26.3. The molecule has 113 heavy (non-hydrogen) atoms. The molecule has 0 radical (unpaired) electrons. The van der Waals surface area contributed by atoms with Crippen LogP contribution in [0.2, 0.25) is 20.1 Å². The normalized spacial score (nSPS) is 15.0. The van der Waals surface area contributed by atoms with Crippen molar-refractivity contribution in [1.29, 1.82) is 0 Å². The van der Waals surface area contributed by atoms with Crippen LogP contribution in [0.15, 0.2) is 150 Å². The highest BCUT2D eigenvalue weighted by atomic mass is 79.9. The maximum atomic E-state index is 15.6. The molecule has 0 amide bonds. The zero-order valence-corrected chi connectivity index (χ0v) is 72.4. The third-order valence-corrected chi connectivity index (χ3v) is 32.2. The van der Waals surface area contributed by atoms with Crippen LogP contribution in [0, 0.1) is 23.3 Å². The molecule has 1 atom stereocenters. The highest BCUT2D eigenvalue weighted by molar-refractivity contribution is 9.11. The van der Waals surface area contributed by atoms with Gasteiger partial charge in [0.1, 0.15) is 33.1 Å². The Bertz CT molecular complexity index is 6740. The summed E-state index contributed by atoms with van der Waals surface area (Å²) in [5.41, 5.74) is 1.24. The van der Waals surface area contributed by atoms with E-state index in [1.54, 1.807) is 84.9 Å². The van der Waals surface area contributed by atoms with Crippen molar-refractivity contribution in [3.63, 3.8) is 0 Å². The fourth-order valence-corrected chi connectivity index (χ4v) is 23.8. The van der Waals surface area contributed by atoms with Crippen molar-refractivity contribution < 1.29 is 53.0 Å². The molecule has 3 aliphatic rings. The van der Waals surface area contributed by atoms with E-state index in [1.165, 1.54) is 35.8 Å². The fourth-order valence-electron chi connectivity index (χ4n) is 12.9. The van der Waals surface area contributed by atoms with Gasteiger partial charge in [0.25, 0.3) is 0 Å². The topological polar surface area (TPSA) is 335 Å². The molecule has 3 aliphatic carbocycles. The van der Waals surface area contributed by atoms with E-state index in [9.17, 15) is 44.3 Å². The van der Waals surface area contributed by atoms with Crippen LogP contribution in [0.3, 0.4) is 0 Å². The lowest BCUT2D eigenvalue weighted by Gasteiger charge is -2.21. The van der Waals surface area contributed by atoms with Crippen LogP contribution in [-0.2, 0) is 42.9 Å². The van der Waals surface area contributed by atoms with Crippen molar-refractivity contribution in [3.05, 3.63) is 227 Å². The number of nitrogens with one attached hydrogen (secondary N) is 3. The van der Waals surface area contributed by atoms with Gasteiger partial charge in [-0.05, 0) is 200 Å². The maximum absolute atomic E-state index is 15.6. The zero-order chi connectivity index (χ0) is 80.8. The van der Waals surface area contributed by atoms with Crippen LogP contribution < -0.4 is 20.8 Å². The molecule has 588 valence electrons. The number of rotatable bonds is 21. The van der Waals surface area contributed by atoms with Gasteiger partial charge in [0.05, 0.1) is 89.6 Å². The third-order valence-electron chi connectivity index (χ3n) is 19.3. The Balaban J connectivity index is 0.000000126. The Kier molecular flexibility index (Phi) is 23.6. The van der Waals surface area contributed by atoms with Gasteiger partial charge >= 0.3 is 11.4 Å². The highest BCUT2D eigenvalue weighted by Gasteiger charge is 2.57. The molecule has 0 spiro atoms. The molecule has 24 nitrogen and oxygen atoms in total. The molecule has 3 fully saturated rings. The molecule has 0 aliphatic heterocycles. The molecule has 0 saturated heterocycles. The number of aliphatic hydroxyl groups is 2. The van der Waals surface area contributed by atoms with Crippen LogP contribution in [0.25, 0.3) is 74.3 Å². The molecule has 8 aromatic carbocycles. The van der Waals surface area contributed by atoms with Gasteiger partial charge in [-0.2, -0.15) is 14.1 Å². The largest absolute Gasteiger partial charge is 0.394 e. The molecule has 1 unspecified atom stereocenters. The molecule has 6 heterocycles. The van der Waals surface area contributed by atoms with Crippen LogP contribution >= 0.6 is 156 Å². The number of aromatic amines is 1. The molecule has 43 heteroatoms. The molecule has 17 rings (SSSR count). The van der Waals surface area contributed by atoms with Gasteiger partial charge < -0.3 is 10.2 Å². The number of hydrogen-bond donors (Lipinski definition) is 5. The minimum absolute atomic E-state index is 0.0372. The van der Waals surface area contributed by atoms with Crippen molar-refractivity contribution >= 4 is 261 Å². The van der Waals surface area contributed by atoms with Gasteiger partial charge in [0.2, 0.25) is 30.1 Å². The summed E-state index contributed by atoms with van der Waals surface area (Å²) in [6.45, 7) is 6.77. The predicted octanol–water partition coefficient (Wildman–Crippen LogP) is 18.1. The number of aromatic nitrogens is 12. The first-order valence-electron chi connectivity index (χ1n) is 33.3. The lowest BCUT2D eigenvalue weighted by atomic mass is 10.0. The zero-order valence-electron chi connectivity index (χ0n) is 57.3. The number of nitrogens with zero attached hydrogens (tertiary/aromatic N) is 11. The van der Waals surface area contributed by atoms with Gasteiger partial charge in [0.15, 0.2) is 23.3 Å². The van der Waals surface area contributed by atoms with E-state index in [0.29, 0.717) is 104 Å². The number of benzene rings is 8. The third kappa shape index (κ3) is 15.8. The van der Waals surface area contributed by atoms with Crippen LogP contribution in [-0.4, -0.2) is 119 Å². The average molecular weight is 2010 g/mol. The van der Waals surface area contributed by atoms with Crippen LogP contribution in [0.5, 0.6) is 0 Å². The molecule has 5 N–H and O–H groups in total. The van der Waals surface area contributed by atoms with Crippen molar-refractivity contribution in [2.24, 2.45) is 0 Å². The van der Waals surface area contributed by atoms with E-state index in [1.807, 2.05) is 0 Å². The second-order valence-corrected chi connectivity index (χ2v) is 41.3. The maximum Gasteiger partial charge on any atom is 0.353 e. The summed E-state index contributed by atoms with van der Waals surface area (Å²) in [7, 11) is -11.9. The minimum atomic E-state index is -4.17. The first-order valence-corrected chi connectivity index (χ1v) is 45.5. The monoisotopic (exact) mass is 2000 g/mol. The van der Waals surface area contributed by atoms with Crippen LogP contribution in [0.1, 0.15) is 80.0 Å². The number of fused-ring (bicyclic) bond motifs is 6. The van der Waals surface area contributed by atoms with E-state index in [0.717, 1.165) is 57.1 Å². The number of hydrogen-bond acceptors (Lipinski definition) is 22. The number of allylic oxidation sites excluding steroid dienone is 2. The summed E-state index contributed by atoms with van der Waals surface area (Å²) in [4.78, 5) is 29.7. The number of aliphatic hydroxyl groups excluding tert-OH is 2. The fraction of sp³-hybridized carbons (Fsp3) is 0.229. The van der Waals surface area contributed by atoms with Gasteiger partial charge in [-0.15, -0.1) is 28.5 Å². The summed E-state index contributed by atoms with van der Waals surface area (Å²) in [5, 5.41) is 35.6. The van der Waals surface area contributed by atoms with Gasteiger partial charge in [0, 0.05) is 51.9 Å². The minimum Gasteiger partial charge on any atom is -0.394 e. The number of anilines is 2. The Morgan fingerprint density at radius 1 is 0.558 bits per heavy atom. The van der Waals surface area contributed by atoms with E-state index in [2.05, 4.69) is 130 Å². The number of imidazole rings is 2. The Hall–Kier alpha value is -6.77. The Morgan fingerprint density at radius 2 is 0.991 bits per heavy atom. The van der Waals surface area contributed by atoms with Gasteiger partial charge in [-0.3, -0.25) is 18.6 Å². The molecule has 6 aromatic heterocycles. The van der Waals surface area contributed by atoms with Crippen molar-refractivity contribution in [2.45, 2.75) is 91.0 Å². The second-order valence-electron chi connectivity index (χ2n) is 26.5.